The van der Waals surface area contributed by atoms with Crippen LogP contribution in [0.25, 0.3) is 0 Å². The Labute approximate surface area is 144 Å². The van der Waals surface area contributed by atoms with E-state index in [0.29, 0.717) is 6.04 Å². The molecule has 0 aromatic heterocycles. The van der Waals surface area contributed by atoms with Crippen LogP contribution in [0, 0.1) is 0 Å². The van der Waals surface area contributed by atoms with Gasteiger partial charge in [-0.1, -0.05) is 42.8 Å². The molecule has 1 N–H and O–H groups in total. The number of hydrogen-bond donors (Lipinski definition) is 1. The van der Waals surface area contributed by atoms with E-state index in [1.807, 2.05) is 30.0 Å². The van der Waals surface area contributed by atoms with E-state index in [0.717, 1.165) is 28.2 Å². The number of benzene rings is 2. The highest BCUT2D eigenvalue weighted by molar-refractivity contribution is 9.10. The molecule has 0 bridgehead atoms. The molecule has 4 heteroatoms. The van der Waals surface area contributed by atoms with Gasteiger partial charge in [0.2, 0.25) is 0 Å². The Morgan fingerprint density at radius 3 is 2.71 bits per heavy atom. The molecule has 112 valence electrons. The molecule has 21 heavy (non-hydrogen) atoms. The van der Waals surface area contributed by atoms with Crippen molar-refractivity contribution in [3.63, 3.8) is 0 Å². The largest absolute Gasteiger partial charge is 0.313 e. The van der Waals surface area contributed by atoms with Gasteiger partial charge in [0.1, 0.15) is 0 Å². The summed E-state index contributed by atoms with van der Waals surface area (Å²) in [5.74, 6) is 1.03. The highest BCUT2D eigenvalue weighted by atomic mass is 79.9. The van der Waals surface area contributed by atoms with Gasteiger partial charge in [0.15, 0.2) is 0 Å². The molecule has 0 saturated carbocycles. The first kappa shape index (κ1) is 16.9. The summed E-state index contributed by atoms with van der Waals surface area (Å²) in [6, 6.07) is 16.9. The van der Waals surface area contributed by atoms with Gasteiger partial charge < -0.3 is 5.32 Å². The van der Waals surface area contributed by atoms with Gasteiger partial charge in [0.25, 0.3) is 0 Å². The Kier molecular flexibility index (Phi) is 7.11. The molecule has 2 aromatic rings. The van der Waals surface area contributed by atoms with Gasteiger partial charge in [-0.15, -0.1) is 11.8 Å². The fourth-order valence-corrected chi connectivity index (χ4v) is 4.02. The third-order valence-electron chi connectivity index (χ3n) is 3.14. The zero-order valence-corrected chi connectivity index (χ0v) is 15.1. The molecule has 0 heterocycles. The number of hydrogen-bond acceptors (Lipinski definition) is 2. The van der Waals surface area contributed by atoms with Crippen LogP contribution in [0.15, 0.2) is 57.9 Å². The number of halogens is 2. The van der Waals surface area contributed by atoms with Crippen molar-refractivity contribution in [1.82, 2.24) is 5.32 Å². The van der Waals surface area contributed by atoms with Gasteiger partial charge >= 0.3 is 0 Å². The molecule has 0 saturated heterocycles. The van der Waals surface area contributed by atoms with Crippen molar-refractivity contribution in [2.24, 2.45) is 0 Å². The van der Waals surface area contributed by atoms with Crippen molar-refractivity contribution in [1.29, 1.82) is 0 Å². The number of rotatable bonds is 7. The molecule has 0 aliphatic carbocycles. The standard InChI is InChI=1S/C17H19BrClNS/c1-2-20-15(11-13-6-5-7-14(19)10-13)12-21-17-9-4-3-8-16(17)18/h3-10,15,20H,2,11-12H2,1H3. The SMILES string of the molecule is CCNC(CSc1ccccc1Br)Cc1cccc(Cl)c1. The lowest BCUT2D eigenvalue weighted by Gasteiger charge is -2.18. The molecule has 1 atom stereocenters. The first-order valence-electron chi connectivity index (χ1n) is 7.04. The van der Waals surface area contributed by atoms with E-state index in [4.69, 9.17) is 11.6 Å². The zero-order chi connectivity index (χ0) is 15.1. The molecule has 0 radical (unpaired) electrons. The topological polar surface area (TPSA) is 12.0 Å². The smallest absolute Gasteiger partial charge is 0.0408 e. The van der Waals surface area contributed by atoms with Crippen LogP contribution < -0.4 is 5.32 Å². The second-order valence-corrected chi connectivity index (χ2v) is 7.18. The Hall–Kier alpha value is -0.480. The molecule has 0 amide bonds. The van der Waals surface area contributed by atoms with Gasteiger partial charge in [0, 0.05) is 26.2 Å². The van der Waals surface area contributed by atoms with Gasteiger partial charge in [-0.3, -0.25) is 0 Å². The fourth-order valence-electron chi connectivity index (χ4n) is 2.18. The summed E-state index contributed by atoms with van der Waals surface area (Å²) in [5, 5.41) is 4.37. The molecule has 0 aliphatic rings. The van der Waals surface area contributed by atoms with E-state index in [2.05, 4.69) is 58.5 Å². The predicted octanol–water partition coefficient (Wildman–Crippen LogP) is 5.42. The fraction of sp³-hybridized carbons (Fsp3) is 0.294. The Morgan fingerprint density at radius 1 is 1.19 bits per heavy atom. The molecule has 0 fully saturated rings. The molecule has 0 spiro atoms. The monoisotopic (exact) mass is 383 g/mol. The molecular formula is C17H19BrClNS. The third-order valence-corrected chi connectivity index (χ3v) is 5.57. The number of likely N-dealkylation sites (N-methyl/N-ethyl adjacent to an activating group) is 1. The number of nitrogens with one attached hydrogen (secondary N) is 1. The van der Waals surface area contributed by atoms with Crippen LogP contribution in [0.1, 0.15) is 12.5 Å². The lowest BCUT2D eigenvalue weighted by Crippen LogP contribution is -2.33. The normalized spacial score (nSPS) is 12.3. The van der Waals surface area contributed by atoms with Gasteiger partial charge in [-0.2, -0.15) is 0 Å². The summed E-state index contributed by atoms with van der Waals surface area (Å²) in [4.78, 5) is 1.28. The Bertz CT molecular complexity index is 576. The first-order chi connectivity index (χ1) is 10.2. The zero-order valence-electron chi connectivity index (χ0n) is 12.0. The lowest BCUT2D eigenvalue weighted by molar-refractivity contribution is 0.572. The van der Waals surface area contributed by atoms with E-state index in [1.165, 1.54) is 10.5 Å². The Balaban J connectivity index is 1.97. The van der Waals surface area contributed by atoms with Crippen LogP contribution in [-0.2, 0) is 6.42 Å². The summed E-state index contributed by atoms with van der Waals surface area (Å²) >= 11 is 11.5. The highest BCUT2D eigenvalue weighted by Crippen LogP contribution is 2.28. The maximum atomic E-state index is 6.07. The number of thioether (sulfide) groups is 1. The van der Waals surface area contributed by atoms with Crippen LogP contribution in [0.3, 0.4) is 0 Å². The minimum absolute atomic E-state index is 0.436. The molecule has 0 aliphatic heterocycles. The molecule has 1 nitrogen and oxygen atoms in total. The quantitative estimate of drug-likeness (QED) is 0.640. The van der Waals surface area contributed by atoms with Gasteiger partial charge in [0.05, 0.1) is 0 Å². The van der Waals surface area contributed by atoms with E-state index >= 15 is 0 Å². The lowest BCUT2D eigenvalue weighted by atomic mass is 10.1. The third kappa shape index (κ3) is 5.67. The van der Waals surface area contributed by atoms with E-state index in [-0.39, 0.29) is 0 Å². The van der Waals surface area contributed by atoms with Crippen LogP contribution in [0.5, 0.6) is 0 Å². The summed E-state index contributed by atoms with van der Waals surface area (Å²) in [5.41, 5.74) is 1.28. The van der Waals surface area contributed by atoms with Gasteiger partial charge in [-0.05, 0) is 58.7 Å². The van der Waals surface area contributed by atoms with Crippen molar-refractivity contribution in [3.8, 4) is 0 Å². The summed E-state index contributed by atoms with van der Waals surface area (Å²) in [7, 11) is 0. The second kappa shape index (κ2) is 8.84. The molecular weight excluding hydrogens is 366 g/mol. The maximum Gasteiger partial charge on any atom is 0.0408 e. The van der Waals surface area contributed by atoms with Crippen LogP contribution >= 0.6 is 39.3 Å². The van der Waals surface area contributed by atoms with E-state index < -0.39 is 0 Å². The molecule has 2 rings (SSSR count). The van der Waals surface area contributed by atoms with Crippen molar-refractivity contribution < 1.29 is 0 Å². The minimum atomic E-state index is 0.436. The molecule has 1 unspecified atom stereocenters. The highest BCUT2D eigenvalue weighted by Gasteiger charge is 2.10. The predicted molar refractivity (Wildman–Crippen MR) is 97.5 cm³/mol. The van der Waals surface area contributed by atoms with E-state index in [1.54, 1.807) is 0 Å². The van der Waals surface area contributed by atoms with Crippen LogP contribution in [0.2, 0.25) is 5.02 Å². The summed E-state index contributed by atoms with van der Waals surface area (Å²) < 4.78 is 1.16. The summed E-state index contributed by atoms with van der Waals surface area (Å²) in [6.45, 7) is 3.12. The van der Waals surface area contributed by atoms with Gasteiger partial charge in [-0.25, -0.2) is 0 Å². The summed E-state index contributed by atoms with van der Waals surface area (Å²) in [6.07, 6.45) is 0.992. The van der Waals surface area contributed by atoms with Crippen LogP contribution in [-0.4, -0.2) is 18.3 Å². The molecule has 2 aromatic carbocycles. The van der Waals surface area contributed by atoms with E-state index in [9.17, 15) is 0 Å². The van der Waals surface area contributed by atoms with Crippen molar-refractivity contribution >= 4 is 39.3 Å². The average molecular weight is 385 g/mol. The van der Waals surface area contributed by atoms with Crippen molar-refractivity contribution in [2.45, 2.75) is 24.3 Å². The second-order valence-electron chi connectivity index (χ2n) is 4.83. The minimum Gasteiger partial charge on any atom is -0.313 e. The maximum absolute atomic E-state index is 6.07. The van der Waals surface area contributed by atoms with Crippen LogP contribution in [0.4, 0.5) is 0 Å². The van der Waals surface area contributed by atoms with Crippen molar-refractivity contribution in [2.75, 3.05) is 12.3 Å². The first-order valence-corrected chi connectivity index (χ1v) is 9.20. The average Bonchev–Trinajstić information content (AvgIpc) is 2.46. The Morgan fingerprint density at radius 2 is 2.00 bits per heavy atom. The van der Waals surface area contributed by atoms with Crippen molar-refractivity contribution in [3.05, 3.63) is 63.6 Å².